The molecule has 0 spiro atoms. The average molecular weight is 559 g/mol. The predicted molar refractivity (Wildman–Crippen MR) is 165 cm³/mol. The number of carboxylic acid groups (broad SMARTS) is 1. The van der Waals surface area contributed by atoms with Crippen molar-refractivity contribution in [3.63, 3.8) is 0 Å². The number of rotatable bonds is 8. The number of allylic oxidation sites excluding steroid dienone is 1. The van der Waals surface area contributed by atoms with E-state index in [-0.39, 0.29) is 11.2 Å². The fraction of sp³-hybridized carbons (Fsp3) is 0.429. The third kappa shape index (κ3) is 7.62. The van der Waals surface area contributed by atoms with E-state index < -0.39 is 17.7 Å². The highest BCUT2D eigenvalue weighted by atomic mass is 19.1. The number of aryl methyl sites for hydroxylation is 2. The van der Waals surface area contributed by atoms with Crippen molar-refractivity contribution in [2.75, 3.05) is 18.0 Å². The van der Waals surface area contributed by atoms with Gasteiger partial charge in [0.2, 0.25) is 0 Å². The lowest BCUT2D eigenvalue weighted by molar-refractivity contribution is -0.160. The van der Waals surface area contributed by atoms with Crippen LogP contribution in [-0.4, -0.2) is 34.8 Å². The Labute approximate surface area is 244 Å². The molecule has 1 saturated heterocycles. The zero-order chi connectivity index (χ0) is 29.9. The molecule has 2 heterocycles. The molecule has 5 nitrogen and oxygen atoms in total. The molecule has 2 aromatic carbocycles. The Hall–Kier alpha value is -3.51. The summed E-state index contributed by atoms with van der Waals surface area (Å²) < 4.78 is 19.4. The molecule has 1 fully saturated rings. The van der Waals surface area contributed by atoms with Gasteiger partial charge in [-0.3, -0.25) is 4.98 Å². The predicted octanol–water partition coefficient (Wildman–Crippen LogP) is 8.33. The third-order valence-corrected chi connectivity index (χ3v) is 7.75. The van der Waals surface area contributed by atoms with Crippen LogP contribution in [0, 0.1) is 25.1 Å². The summed E-state index contributed by atoms with van der Waals surface area (Å²) in [6.45, 7) is 15.8. The standard InChI is InChI=1S/C35H43FN2O3/c1-23-29(27-15-11-25(12-16-27)9-8-10-26-13-17-28(36)18-14-26)31(38-21-19-35(6,7)20-22-38)30(24(2)37-23)32(33(39)40)41-34(3,4)5/h8-9,11-18,32H,10,19-22H2,1-7H3,(H,39,40)/b9-8+/t32-/m0/s1. The molecule has 6 heteroatoms. The number of piperidine rings is 1. The Morgan fingerprint density at radius 1 is 1.05 bits per heavy atom. The smallest absolute Gasteiger partial charge is 0.337 e. The van der Waals surface area contributed by atoms with Crippen molar-refractivity contribution < 1.29 is 19.0 Å². The fourth-order valence-electron chi connectivity index (χ4n) is 5.47. The maximum atomic E-state index is 13.2. The number of ether oxygens (including phenoxy) is 1. The number of hydrogen-bond acceptors (Lipinski definition) is 4. The van der Waals surface area contributed by atoms with E-state index in [0.29, 0.717) is 17.7 Å². The average Bonchev–Trinajstić information content (AvgIpc) is 2.88. The number of pyridine rings is 1. The van der Waals surface area contributed by atoms with E-state index in [1.165, 1.54) is 12.1 Å². The van der Waals surface area contributed by atoms with Gasteiger partial charge in [-0.25, -0.2) is 9.18 Å². The number of aromatic nitrogens is 1. The highest BCUT2D eigenvalue weighted by molar-refractivity contribution is 5.88. The number of carbonyl (C=O) groups is 1. The minimum absolute atomic E-state index is 0.232. The molecule has 0 saturated carbocycles. The van der Waals surface area contributed by atoms with E-state index in [1.54, 1.807) is 12.1 Å². The van der Waals surface area contributed by atoms with Gasteiger partial charge in [0, 0.05) is 35.6 Å². The van der Waals surface area contributed by atoms with Crippen molar-refractivity contribution in [2.45, 2.75) is 79.4 Å². The van der Waals surface area contributed by atoms with Crippen molar-refractivity contribution in [3.05, 3.63) is 88.5 Å². The van der Waals surface area contributed by atoms with Crippen LogP contribution >= 0.6 is 0 Å². The number of benzene rings is 2. The van der Waals surface area contributed by atoms with Crippen molar-refractivity contribution in [2.24, 2.45) is 5.41 Å². The van der Waals surface area contributed by atoms with Crippen molar-refractivity contribution in [3.8, 4) is 11.1 Å². The lowest BCUT2D eigenvalue weighted by Gasteiger charge is -2.41. The second-order valence-electron chi connectivity index (χ2n) is 12.9. The van der Waals surface area contributed by atoms with Crippen LogP contribution in [0.2, 0.25) is 0 Å². The van der Waals surface area contributed by atoms with Gasteiger partial charge in [-0.05, 0) is 88.1 Å². The van der Waals surface area contributed by atoms with Gasteiger partial charge >= 0.3 is 5.97 Å². The molecule has 1 aliphatic rings. The number of halogens is 1. The minimum Gasteiger partial charge on any atom is -0.479 e. The summed E-state index contributed by atoms with van der Waals surface area (Å²) in [7, 11) is 0. The molecule has 0 unspecified atom stereocenters. The summed E-state index contributed by atoms with van der Waals surface area (Å²) in [6.07, 6.45) is 5.74. The van der Waals surface area contributed by atoms with Gasteiger partial charge in [0.25, 0.3) is 0 Å². The fourth-order valence-corrected chi connectivity index (χ4v) is 5.47. The molecule has 1 aromatic heterocycles. The largest absolute Gasteiger partial charge is 0.479 e. The van der Waals surface area contributed by atoms with Gasteiger partial charge in [0.1, 0.15) is 5.82 Å². The number of anilines is 1. The molecule has 0 radical (unpaired) electrons. The normalized spacial score (nSPS) is 16.2. The first kappa shape index (κ1) is 30.4. The molecule has 4 rings (SSSR count). The highest BCUT2D eigenvalue weighted by Gasteiger charge is 2.36. The van der Waals surface area contributed by atoms with Crippen LogP contribution < -0.4 is 4.90 Å². The van der Waals surface area contributed by atoms with Crippen LogP contribution in [-0.2, 0) is 16.0 Å². The topological polar surface area (TPSA) is 62.7 Å². The number of carboxylic acids is 1. The van der Waals surface area contributed by atoms with Crippen LogP contribution in [0.4, 0.5) is 10.1 Å². The minimum atomic E-state index is -1.14. The molecule has 1 atom stereocenters. The van der Waals surface area contributed by atoms with E-state index in [0.717, 1.165) is 59.6 Å². The Morgan fingerprint density at radius 2 is 1.66 bits per heavy atom. The summed E-state index contributed by atoms with van der Waals surface area (Å²) in [5.41, 5.74) is 6.74. The quantitative estimate of drug-likeness (QED) is 0.301. The first-order valence-electron chi connectivity index (χ1n) is 14.4. The number of hydrogen-bond donors (Lipinski definition) is 1. The third-order valence-electron chi connectivity index (χ3n) is 7.75. The number of nitrogens with zero attached hydrogens (tertiary/aromatic N) is 2. The zero-order valence-electron chi connectivity index (χ0n) is 25.4. The van der Waals surface area contributed by atoms with Gasteiger partial charge in [-0.2, -0.15) is 0 Å². The summed E-state index contributed by atoms with van der Waals surface area (Å²) >= 11 is 0. The van der Waals surface area contributed by atoms with Crippen LogP contribution in [0.1, 0.15) is 81.6 Å². The second kappa shape index (κ2) is 12.2. The SMILES string of the molecule is Cc1nc(C)c([C@H](OC(C)(C)C)C(=O)O)c(N2CCC(C)(C)CC2)c1-c1ccc(/C=C/Cc2ccc(F)cc2)cc1. The molecule has 0 bridgehead atoms. The van der Waals surface area contributed by atoms with E-state index in [1.807, 2.05) is 34.6 Å². The van der Waals surface area contributed by atoms with Crippen LogP contribution in [0.3, 0.4) is 0 Å². The second-order valence-corrected chi connectivity index (χ2v) is 12.9. The highest BCUT2D eigenvalue weighted by Crippen LogP contribution is 2.44. The summed E-state index contributed by atoms with van der Waals surface area (Å²) in [5.74, 6) is -1.25. The van der Waals surface area contributed by atoms with E-state index >= 15 is 0 Å². The molecule has 3 aromatic rings. The van der Waals surface area contributed by atoms with E-state index in [4.69, 9.17) is 9.72 Å². The lowest BCUT2D eigenvalue weighted by atomic mass is 9.81. The zero-order valence-corrected chi connectivity index (χ0v) is 25.4. The molecule has 0 aliphatic carbocycles. The molecule has 1 N–H and O–H groups in total. The van der Waals surface area contributed by atoms with Gasteiger partial charge in [-0.1, -0.05) is 62.4 Å². The Morgan fingerprint density at radius 3 is 2.22 bits per heavy atom. The van der Waals surface area contributed by atoms with Gasteiger partial charge in [0.05, 0.1) is 11.3 Å². The van der Waals surface area contributed by atoms with Gasteiger partial charge in [-0.15, -0.1) is 0 Å². The maximum Gasteiger partial charge on any atom is 0.337 e. The van der Waals surface area contributed by atoms with E-state index in [2.05, 4.69) is 55.2 Å². The number of aliphatic carboxylic acids is 1. The monoisotopic (exact) mass is 558 g/mol. The summed E-state index contributed by atoms with van der Waals surface area (Å²) in [6, 6.07) is 14.9. The summed E-state index contributed by atoms with van der Waals surface area (Å²) in [5, 5.41) is 10.4. The summed E-state index contributed by atoms with van der Waals surface area (Å²) in [4.78, 5) is 19.9. The van der Waals surface area contributed by atoms with Crippen LogP contribution in [0.5, 0.6) is 0 Å². The van der Waals surface area contributed by atoms with Gasteiger partial charge < -0.3 is 14.7 Å². The Kier molecular flexibility index (Phi) is 9.03. The molecule has 0 amide bonds. The molecule has 1 aliphatic heterocycles. The first-order chi connectivity index (χ1) is 19.2. The molecule has 41 heavy (non-hydrogen) atoms. The Balaban J connectivity index is 1.76. The van der Waals surface area contributed by atoms with Crippen molar-refractivity contribution >= 4 is 17.7 Å². The van der Waals surface area contributed by atoms with Crippen LogP contribution in [0.25, 0.3) is 17.2 Å². The van der Waals surface area contributed by atoms with Crippen molar-refractivity contribution in [1.82, 2.24) is 4.98 Å². The molecular formula is C35H43FN2O3. The van der Waals surface area contributed by atoms with Crippen molar-refractivity contribution in [1.29, 1.82) is 0 Å². The molecule has 218 valence electrons. The van der Waals surface area contributed by atoms with Crippen LogP contribution in [0.15, 0.2) is 54.6 Å². The van der Waals surface area contributed by atoms with Gasteiger partial charge in [0.15, 0.2) is 6.10 Å². The molecular weight excluding hydrogens is 515 g/mol. The van der Waals surface area contributed by atoms with E-state index in [9.17, 15) is 14.3 Å². The Bertz CT molecular complexity index is 1390. The lowest BCUT2D eigenvalue weighted by Crippen LogP contribution is -2.39. The maximum absolute atomic E-state index is 13.2. The first-order valence-corrected chi connectivity index (χ1v) is 14.4.